The highest BCUT2D eigenvalue weighted by Crippen LogP contribution is 2.55. The molecule has 63 heavy (non-hydrogen) atoms. The number of pyridine rings is 1. The summed E-state index contributed by atoms with van der Waals surface area (Å²) < 4.78 is 4.54. The van der Waals surface area contributed by atoms with Gasteiger partial charge < -0.3 is 14.4 Å². The molecule has 11 aromatic rings. The van der Waals surface area contributed by atoms with Crippen molar-refractivity contribution in [3.8, 4) is 5.69 Å². The van der Waals surface area contributed by atoms with Crippen LogP contribution < -0.4 is 35.2 Å². The summed E-state index contributed by atoms with van der Waals surface area (Å²) in [7, 11) is -3.23. The van der Waals surface area contributed by atoms with Gasteiger partial charge >= 0.3 is 7.12 Å². The van der Waals surface area contributed by atoms with Gasteiger partial charge in [-0.05, 0) is 106 Å². The smallest absolute Gasteiger partial charge is 0.344 e. The molecule has 0 amide bonds. The summed E-state index contributed by atoms with van der Waals surface area (Å²) in [5.74, 6) is 0.841. The Morgan fingerprint density at radius 1 is 0.365 bits per heavy atom. The number of nitrogens with zero attached hydrogens (tertiary/aromatic N) is 7. The molecule has 2 aliphatic rings. The Morgan fingerprint density at radius 2 is 0.825 bits per heavy atom. The van der Waals surface area contributed by atoms with Crippen LogP contribution in [-0.2, 0) is 0 Å². The third kappa shape index (κ3) is 5.14. The van der Waals surface area contributed by atoms with Gasteiger partial charge in [-0.15, -0.1) is 0 Å². The van der Waals surface area contributed by atoms with Gasteiger partial charge in [0.2, 0.25) is 5.78 Å². The fourth-order valence-corrected chi connectivity index (χ4v) is 15.3. The van der Waals surface area contributed by atoms with Gasteiger partial charge in [-0.3, -0.25) is 8.97 Å². The van der Waals surface area contributed by atoms with Crippen molar-refractivity contribution in [2.45, 2.75) is 0 Å². The van der Waals surface area contributed by atoms with Gasteiger partial charge in [0.1, 0.15) is 0 Å². The van der Waals surface area contributed by atoms with Gasteiger partial charge in [-0.2, -0.15) is 4.98 Å². The zero-order valence-electron chi connectivity index (χ0n) is 34.1. The molecule has 2 aliphatic heterocycles. The van der Waals surface area contributed by atoms with Gasteiger partial charge in [0, 0.05) is 23.3 Å². The summed E-state index contributed by atoms with van der Waals surface area (Å²) in [6.45, 7) is 0. The van der Waals surface area contributed by atoms with Crippen molar-refractivity contribution in [2.75, 3.05) is 14.4 Å². The van der Waals surface area contributed by atoms with E-state index in [2.05, 4.69) is 247 Å². The summed E-state index contributed by atoms with van der Waals surface area (Å²) in [6, 6.07) is 82.2. The molecular formula is C54H38BN7Si. The van der Waals surface area contributed by atoms with E-state index in [0.29, 0.717) is 0 Å². The minimum atomic E-state index is -3.07. The van der Waals surface area contributed by atoms with Crippen molar-refractivity contribution in [1.29, 1.82) is 0 Å². The Bertz CT molecular complexity index is 3460. The molecular weight excluding hydrogens is 786 g/mol. The van der Waals surface area contributed by atoms with Crippen molar-refractivity contribution < 1.29 is 0 Å². The summed E-state index contributed by atoms with van der Waals surface area (Å²) in [5.41, 5.74) is 12.0. The molecule has 0 bridgehead atoms. The van der Waals surface area contributed by atoms with Gasteiger partial charge in [0.05, 0.1) is 39.3 Å². The van der Waals surface area contributed by atoms with E-state index in [-0.39, 0.29) is 7.12 Å². The Hall–Kier alpha value is -8.14. The highest BCUT2D eigenvalue weighted by atomic mass is 28.3. The van der Waals surface area contributed by atoms with Crippen molar-refractivity contribution in [3.05, 3.63) is 231 Å². The molecule has 0 saturated heterocycles. The van der Waals surface area contributed by atoms with E-state index in [1.807, 2.05) is 12.3 Å². The summed E-state index contributed by atoms with van der Waals surface area (Å²) in [6.07, 6.45) is 1.82. The van der Waals surface area contributed by atoms with E-state index in [1.165, 1.54) is 43.5 Å². The minimum Gasteiger partial charge on any atom is -0.344 e. The topological polar surface area (TPSA) is 44.8 Å². The van der Waals surface area contributed by atoms with Gasteiger partial charge in [0.15, 0.2) is 13.7 Å². The van der Waals surface area contributed by atoms with Gasteiger partial charge in [-0.1, -0.05) is 140 Å². The highest BCUT2D eigenvalue weighted by molar-refractivity contribution is 7.20. The first-order chi connectivity index (χ1) is 31.3. The lowest BCUT2D eigenvalue weighted by Gasteiger charge is -2.36. The van der Waals surface area contributed by atoms with Crippen LogP contribution in [0.1, 0.15) is 0 Å². The lowest BCUT2D eigenvalue weighted by Crippen LogP contribution is -2.74. The number of aromatic nitrogens is 4. The predicted octanol–water partition coefficient (Wildman–Crippen LogP) is 9.63. The fraction of sp³-hybridized carbons (Fsp3) is 0. The largest absolute Gasteiger partial charge is 0.519 e. The third-order valence-corrected chi connectivity index (χ3v) is 17.8. The van der Waals surface area contributed by atoms with Crippen LogP contribution in [0.25, 0.3) is 33.7 Å². The number of benzene rings is 8. The number of anilines is 6. The van der Waals surface area contributed by atoms with Crippen LogP contribution >= 0.6 is 0 Å². The standard InChI is InChI=1S/C54H38BN7Si/c1-4-19-39(20-5-1)60-48-31-12-14-33-50(48)62-51-34-15-13-32-49(51)61(55(60)62)41-22-17-28-45(38-41)63(42-23-6-2-7-24-42,43-25-8-3-9-26-43)44-27-16-21-40(37-44)58-46-29-10-11-30-47(46)59-52-35-18-36-56-53(52)57-54(58)59/h1-38H. The first kappa shape index (κ1) is 35.6. The number of para-hydroxylation sites is 7. The van der Waals surface area contributed by atoms with Crippen molar-refractivity contribution in [2.24, 2.45) is 0 Å². The molecule has 0 N–H and O–H groups in total. The van der Waals surface area contributed by atoms with Crippen molar-refractivity contribution in [3.63, 3.8) is 0 Å². The zero-order valence-corrected chi connectivity index (χ0v) is 35.1. The molecule has 0 atom stereocenters. The first-order valence-electron chi connectivity index (χ1n) is 21.4. The second-order valence-corrected chi connectivity index (χ2v) is 20.1. The van der Waals surface area contributed by atoms with Crippen LogP contribution in [-0.4, -0.2) is 34.1 Å². The number of hydrogen-bond donors (Lipinski definition) is 0. The van der Waals surface area contributed by atoms with Crippen molar-refractivity contribution in [1.82, 2.24) is 18.9 Å². The zero-order chi connectivity index (χ0) is 41.5. The van der Waals surface area contributed by atoms with Crippen LogP contribution in [0.15, 0.2) is 231 Å². The quantitative estimate of drug-likeness (QED) is 0.118. The Kier molecular flexibility index (Phi) is 7.88. The molecule has 0 fully saturated rings. The highest BCUT2D eigenvalue weighted by Gasteiger charge is 2.53. The Balaban J connectivity index is 1.06. The number of hydrogen-bond acceptors (Lipinski definition) is 5. The summed E-state index contributed by atoms with van der Waals surface area (Å²) in [4.78, 5) is 17.3. The van der Waals surface area contributed by atoms with Gasteiger partial charge in [-0.25, -0.2) is 4.98 Å². The maximum Gasteiger partial charge on any atom is 0.519 e. The van der Waals surface area contributed by atoms with Crippen LogP contribution in [0.3, 0.4) is 0 Å². The average molecular weight is 824 g/mol. The number of imidazole rings is 2. The van der Waals surface area contributed by atoms with E-state index < -0.39 is 8.07 Å². The van der Waals surface area contributed by atoms with E-state index in [4.69, 9.17) is 4.98 Å². The molecule has 8 aromatic carbocycles. The van der Waals surface area contributed by atoms with Crippen LogP contribution in [0.4, 0.5) is 34.1 Å². The van der Waals surface area contributed by atoms with E-state index in [0.717, 1.165) is 45.0 Å². The molecule has 9 heteroatoms. The average Bonchev–Trinajstić information content (AvgIpc) is 4.09. The van der Waals surface area contributed by atoms with E-state index >= 15 is 0 Å². The SMILES string of the molecule is c1ccc(N2B3N(c4cccc([Si](c5ccccc5)(c5ccccc5)c5cccc(-n6c7ccccc7n7c8cccnc8nc67)c5)c4)c4ccccc4N3c3ccccc32)cc1. The molecule has 0 saturated carbocycles. The van der Waals surface area contributed by atoms with E-state index in [1.54, 1.807) is 0 Å². The third-order valence-electron chi connectivity index (χ3n) is 13.0. The van der Waals surface area contributed by atoms with Crippen LogP contribution in [0, 0.1) is 0 Å². The van der Waals surface area contributed by atoms with Crippen LogP contribution in [0.5, 0.6) is 0 Å². The lowest BCUT2D eigenvalue weighted by molar-refractivity contribution is 1.11. The normalized spacial score (nSPS) is 13.3. The fourth-order valence-electron chi connectivity index (χ4n) is 10.5. The predicted molar refractivity (Wildman–Crippen MR) is 262 cm³/mol. The molecule has 13 rings (SSSR count). The number of fused-ring (bicyclic) bond motifs is 10. The maximum absolute atomic E-state index is 5.15. The molecule has 0 aliphatic carbocycles. The number of rotatable bonds is 7. The van der Waals surface area contributed by atoms with Gasteiger partial charge in [0.25, 0.3) is 0 Å². The second-order valence-electron chi connectivity index (χ2n) is 16.3. The van der Waals surface area contributed by atoms with Crippen molar-refractivity contribution >= 4 is 98.0 Å². The summed E-state index contributed by atoms with van der Waals surface area (Å²) in [5, 5.41) is 5.20. The molecule has 7 nitrogen and oxygen atoms in total. The molecule has 0 unspecified atom stereocenters. The Morgan fingerprint density at radius 3 is 1.46 bits per heavy atom. The molecule has 296 valence electrons. The van der Waals surface area contributed by atoms with E-state index in [9.17, 15) is 0 Å². The molecule has 5 heterocycles. The maximum atomic E-state index is 5.15. The van der Waals surface area contributed by atoms with Crippen LogP contribution in [0.2, 0.25) is 0 Å². The summed E-state index contributed by atoms with van der Waals surface area (Å²) >= 11 is 0. The Labute approximate surface area is 366 Å². The monoisotopic (exact) mass is 823 g/mol. The molecule has 3 aromatic heterocycles. The lowest BCUT2D eigenvalue weighted by atomic mass is 9.86. The minimum absolute atomic E-state index is 0.158. The second kappa shape index (κ2) is 14.0. The molecule has 0 spiro atoms. The molecule has 0 radical (unpaired) electrons. The first-order valence-corrected chi connectivity index (χ1v) is 23.4.